The Labute approximate surface area is 400 Å². The van der Waals surface area contributed by atoms with Crippen LogP contribution in [-0.4, -0.2) is 136 Å². The molecule has 4 aromatic heterocycles. The van der Waals surface area contributed by atoms with Gasteiger partial charge in [-0.25, -0.2) is 19.6 Å². The second-order valence-electron chi connectivity index (χ2n) is 16.1. The molecule has 0 fully saturated rings. The van der Waals surface area contributed by atoms with E-state index in [0.717, 1.165) is 17.1 Å². The van der Waals surface area contributed by atoms with E-state index in [0.29, 0.717) is 53.1 Å². The van der Waals surface area contributed by atoms with Crippen LogP contribution in [0.4, 0.5) is 11.9 Å². The van der Waals surface area contributed by atoms with Crippen LogP contribution in [0.2, 0.25) is 0 Å². The third-order valence-electron chi connectivity index (χ3n) is 11.3. The molecule has 5 heterocycles. The zero-order valence-corrected chi connectivity index (χ0v) is 39.6. The number of carboxylic acid groups (broad SMARTS) is 1. The number of aryl methyl sites for hydroxylation is 4. The van der Waals surface area contributed by atoms with Crippen LogP contribution in [0.3, 0.4) is 0 Å². The second kappa shape index (κ2) is 21.1. The van der Waals surface area contributed by atoms with Gasteiger partial charge in [-0.3, -0.25) is 48.9 Å². The highest BCUT2D eigenvalue weighted by Crippen LogP contribution is 2.33. The Morgan fingerprint density at radius 2 is 1.26 bits per heavy atom. The Bertz CT molecular complexity index is 3100. The molecule has 0 bridgehead atoms. The van der Waals surface area contributed by atoms with Gasteiger partial charge in [0.1, 0.15) is 33.9 Å². The molecule has 5 amide bonds. The number of esters is 1. The first-order valence-corrected chi connectivity index (χ1v) is 22.3. The first-order valence-electron chi connectivity index (χ1n) is 22.3. The predicted molar refractivity (Wildman–Crippen MR) is 253 cm³/mol. The topological polar surface area (TPSA) is 269 Å². The lowest BCUT2D eigenvalue weighted by Crippen LogP contribution is -2.36. The summed E-state index contributed by atoms with van der Waals surface area (Å²) >= 11 is 0. The van der Waals surface area contributed by atoms with Crippen molar-refractivity contribution in [2.45, 2.75) is 66.7 Å². The van der Waals surface area contributed by atoms with Crippen LogP contribution in [0.15, 0.2) is 60.7 Å². The van der Waals surface area contributed by atoms with Crippen molar-refractivity contribution in [2.75, 3.05) is 51.6 Å². The quantitative estimate of drug-likeness (QED) is 0.0394. The molecule has 0 saturated heterocycles. The van der Waals surface area contributed by atoms with E-state index in [9.17, 15) is 38.7 Å². The SMILES string of the molecule is CCn1nc(C)cc1C(=O)Nc1nc2cc(C(=O)OC)cc(OC)c2n1C/C=C/Cn1c(NC(=O)c2cc(C)nn2CC)nc2cc(C(=O)O)cc(OCCCN(C)C(=O)CCN3C(=O)C=CC3=O)c21. The number of imide groups is 1. The summed E-state index contributed by atoms with van der Waals surface area (Å²) < 4.78 is 23.4. The summed E-state index contributed by atoms with van der Waals surface area (Å²) in [5.41, 5.74) is 3.24. The molecule has 0 aliphatic carbocycles. The summed E-state index contributed by atoms with van der Waals surface area (Å²) in [6, 6.07) is 9.06. The van der Waals surface area contributed by atoms with Crippen molar-refractivity contribution in [3.05, 3.63) is 94.6 Å². The minimum Gasteiger partial charge on any atom is -0.494 e. The molecule has 0 radical (unpaired) electrons. The number of ether oxygens (including phenoxy) is 3. The van der Waals surface area contributed by atoms with Gasteiger partial charge in [-0.1, -0.05) is 12.2 Å². The van der Waals surface area contributed by atoms with Gasteiger partial charge in [-0.05, 0) is 70.5 Å². The number of imidazole rings is 2. The molecule has 0 spiro atoms. The van der Waals surface area contributed by atoms with Crippen LogP contribution in [0.5, 0.6) is 11.5 Å². The average Bonchev–Trinajstić information content (AvgIpc) is 4.16. The minimum absolute atomic E-state index is 0.0286. The molecular weight excluding hydrogens is 909 g/mol. The highest BCUT2D eigenvalue weighted by atomic mass is 16.5. The van der Waals surface area contributed by atoms with Gasteiger partial charge < -0.3 is 33.4 Å². The molecular formula is C47H52N12O11. The third-order valence-corrected chi connectivity index (χ3v) is 11.3. The number of rotatable bonds is 21. The number of benzene rings is 2. The molecule has 366 valence electrons. The third kappa shape index (κ3) is 10.4. The number of fused-ring (bicyclic) bond motifs is 2. The molecule has 23 heteroatoms. The molecule has 70 heavy (non-hydrogen) atoms. The number of amides is 5. The highest BCUT2D eigenvalue weighted by molar-refractivity contribution is 6.13. The number of nitrogens with one attached hydrogen (secondary N) is 2. The van der Waals surface area contributed by atoms with Crippen molar-refractivity contribution in [1.82, 2.24) is 48.5 Å². The number of hydrogen-bond acceptors (Lipinski definition) is 14. The number of hydrogen-bond donors (Lipinski definition) is 3. The standard InChI is InChI=1S/C47H52N12O11/c1-8-58-33(21-27(3)52-58)42(63)50-46-49-32-24-30(45(67)69-7)26-35(68-6)40(32)56(46)17-10-11-18-57-41-31(48-47(57)51-43(64)34-22-28(4)53-59(34)9-2)23-29(44(65)66)25-36(41)70-20-12-16-54(5)37(60)15-19-55-38(61)13-14-39(55)62/h10-11,13-14,21-26H,8-9,12,15-20H2,1-7H3,(H,65,66)(H,48,51,64)(H,49,50,63)/b11-10+. The van der Waals surface area contributed by atoms with E-state index in [-0.39, 0.29) is 90.8 Å². The number of methoxy groups -OCH3 is 2. The monoisotopic (exact) mass is 960 g/mol. The molecule has 1 aliphatic rings. The number of carbonyl (C=O) groups excluding carboxylic acids is 6. The van der Waals surface area contributed by atoms with Gasteiger partial charge in [0, 0.05) is 64.9 Å². The summed E-state index contributed by atoms with van der Waals surface area (Å²) in [6.07, 6.45) is 6.10. The van der Waals surface area contributed by atoms with Crippen LogP contribution in [-0.2, 0) is 45.3 Å². The van der Waals surface area contributed by atoms with Crippen molar-refractivity contribution in [2.24, 2.45) is 0 Å². The van der Waals surface area contributed by atoms with Gasteiger partial charge in [0.15, 0.2) is 0 Å². The van der Waals surface area contributed by atoms with Crippen LogP contribution in [0.1, 0.15) is 79.8 Å². The van der Waals surface area contributed by atoms with Crippen molar-refractivity contribution in [3.8, 4) is 11.5 Å². The molecule has 6 aromatic rings. The number of anilines is 2. The van der Waals surface area contributed by atoms with Crippen LogP contribution >= 0.6 is 0 Å². The van der Waals surface area contributed by atoms with Gasteiger partial charge in [0.05, 0.1) is 54.4 Å². The van der Waals surface area contributed by atoms with E-state index < -0.39 is 35.6 Å². The lowest BCUT2D eigenvalue weighted by atomic mass is 10.2. The Hall–Kier alpha value is -8.63. The second-order valence-corrected chi connectivity index (χ2v) is 16.1. The maximum absolute atomic E-state index is 13.9. The zero-order valence-electron chi connectivity index (χ0n) is 39.6. The maximum atomic E-state index is 13.9. The lowest BCUT2D eigenvalue weighted by molar-refractivity contribution is -0.138. The minimum atomic E-state index is -1.25. The molecule has 0 saturated carbocycles. The first kappa shape index (κ1) is 49.3. The lowest BCUT2D eigenvalue weighted by Gasteiger charge is -2.19. The molecule has 7 rings (SSSR count). The zero-order chi connectivity index (χ0) is 50.4. The van der Waals surface area contributed by atoms with Gasteiger partial charge in [-0.15, -0.1) is 0 Å². The average molecular weight is 961 g/mol. The van der Waals surface area contributed by atoms with Gasteiger partial charge in [-0.2, -0.15) is 10.2 Å². The van der Waals surface area contributed by atoms with Gasteiger partial charge in [0.2, 0.25) is 17.8 Å². The fourth-order valence-corrected chi connectivity index (χ4v) is 7.92. The molecule has 0 unspecified atom stereocenters. The largest absolute Gasteiger partial charge is 0.494 e. The summed E-state index contributed by atoms with van der Waals surface area (Å²) in [4.78, 5) is 101. The summed E-state index contributed by atoms with van der Waals surface area (Å²) in [7, 11) is 4.28. The Morgan fingerprint density at radius 3 is 1.76 bits per heavy atom. The maximum Gasteiger partial charge on any atom is 0.338 e. The number of nitrogens with zero attached hydrogens (tertiary/aromatic N) is 10. The van der Waals surface area contributed by atoms with Gasteiger partial charge in [0.25, 0.3) is 23.6 Å². The van der Waals surface area contributed by atoms with Gasteiger partial charge >= 0.3 is 11.9 Å². The number of carboxylic acids is 1. The van der Waals surface area contributed by atoms with Crippen LogP contribution in [0.25, 0.3) is 22.1 Å². The van der Waals surface area contributed by atoms with Crippen molar-refractivity contribution in [3.63, 3.8) is 0 Å². The summed E-state index contributed by atoms with van der Waals surface area (Å²) in [5.74, 6) is -3.50. The Balaban J connectivity index is 1.21. The molecule has 23 nitrogen and oxygen atoms in total. The fraction of sp³-hybridized carbons (Fsp3) is 0.340. The summed E-state index contributed by atoms with van der Waals surface area (Å²) in [6.45, 7) is 8.44. The van der Waals surface area contributed by atoms with Crippen molar-refractivity contribution < 1.29 is 52.9 Å². The van der Waals surface area contributed by atoms with E-state index in [1.165, 1.54) is 43.4 Å². The Morgan fingerprint density at radius 1 is 0.743 bits per heavy atom. The highest BCUT2D eigenvalue weighted by Gasteiger charge is 2.26. The predicted octanol–water partition coefficient (Wildman–Crippen LogP) is 4.23. The van der Waals surface area contributed by atoms with E-state index in [1.54, 1.807) is 63.7 Å². The number of allylic oxidation sites excluding steroid dienone is 2. The van der Waals surface area contributed by atoms with E-state index in [2.05, 4.69) is 20.8 Å². The van der Waals surface area contributed by atoms with Crippen LogP contribution < -0.4 is 20.1 Å². The van der Waals surface area contributed by atoms with Crippen molar-refractivity contribution in [1.29, 1.82) is 0 Å². The number of carbonyl (C=O) groups is 7. The summed E-state index contributed by atoms with van der Waals surface area (Å²) in [5, 5.41) is 24.7. The van der Waals surface area contributed by atoms with E-state index in [4.69, 9.17) is 24.2 Å². The molecule has 1 aliphatic heterocycles. The first-order chi connectivity index (χ1) is 33.5. The van der Waals surface area contributed by atoms with Crippen molar-refractivity contribution >= 4 is 75.4 Å². The fourth-order valence-electron chi connectivity index (χ4n) is 7.92. The molecule has 3 N–H and O–H groups in total. The van der Waals surface area contributed by atoms with Crippen LogP contribution in [0, 0.1) is 13.8 Å². The van der Waals surface area contributed by atoms with E-state index >= 15 is 0 Å². The normalized spacial score (nSPS) is 12.4. The van der Waals surface area contributed by atoms with E-state index in [1.807, 2.05) is 13.8 Å². The Kier molecular flexibility index (Phi) is 14.9. The smallest absolute Gasteiger partial charge is 0.338 e. The molecule has 2 aromatic carbocycles. The number of aromatic carboxylic acids is 1. The number of aromatic nitrogens is 8. The molecule has 0 atom stereocenters.